The van der Waals surface area contributed by atoms with E-state index in [0.29, 0.717) is 30.3 Å². The highest BCUT2D eigenvalue weighted by molar-refractivity contribution is 5.94. The third kappa shape index (κ3) is 10.7. The summed E-state index contributed by atoms with van der Waals surface area (Å²) in [5, 5.41) is 2.80. The lowest BCUT2D eigenvalue weighted by molar-refractivity contribution is -0.197. The van der Waals surface area contributed by atoms with Crippen molar-refractivity contribution < 1.29 is 22.7 Å². The average Bonchev–Trinajstić information content (AvgIpc) is 3.71. The highest BCUT2D eigenvalue weighted by atomic mass is 19.4. The van der Waals surface area contributed by atoms with Crippen molar-refractivity contribution in [1.82, 2.24) is 0 Å². The van der Waals surface area contributed by atoms with E-state index in [9.17, 15) is 22.9 Å². The van der Waals surface area contributed by atoms with E-state index >= 15 is 0 Å². The molecule has 0 spiro atoms. The fraction of sp³-hybridized carbons (Fsp3) is 0.686. The van der Waals surface area contributed by atoms with E-state index in [1.165, 1.54) is 0 Å². The Labute approximate surface area is 252 Å². The molecule has 0 aromatic rings. The third-order valence-electron chi connectivity index (χ3n) is 9.41. The number of carbonyl (C=O) groups excluding carboxylic acids is 1. The lowest BCUT2D eigenvalue weighted by Crippen LogP contribution is -2.33. The molecule has 1 aliphatic carbocycles. The number of rotatable bonds is 18. The van der Waals surface area contributed by atoms with Crippen LogP contribution in [-0.2, 0) is 9.53 Å². The van der Waals surface area contributed by atoms with E-state index in [2.05, 4.69) is 59.9 Å². The standard InChI is InChI=1S/C35H54F3NO3/c1-12-28(23(3)4)21-33(10,11)27(9)30(13-2)31(32(40)39-41)17-16-29(24(5)6)20-25(7)14-15-26(8)42-22-34(18-19-34)35(36,37)38/h14-17,23,25,27-28,30H,5,8,12-13,18-22H2,1-4,6-7,9-11H3/b15-14-,29-16-,31-17+. The summed E-state index contributed by atoms with van der Waals surface area (Å²) in [6.45, 7) is 26.7. The molecule has 4 unspecified atom stereocenters. The Hall–Kier alpha value is -2.44. The predicted octanol–water partition coefficient (Wildman–Crippen LogP) is 10.9. The molecule has 0 radical (unpaired) electrons. The Morgan fingerprint density at radius 2 is 1.64 bits per heavy atom. The largest absolute Gasteiger partial charge is 0.493 e. The van der Waals surface area contributed by atoms with Crippen molar-refractivity contribution in [2.45, 2.75) is 107 Å². The van der Waals surface area contributed by atoms with Gasteiger partial charge in [0.25, 0.3) is 0 Å². The van der Waals surface area contributed by atoms with Crippen LogP contribution in [0.1, 0.15) is 101 Å². The van der Waals surface area contributed by atoms with E-state index < -0.39 is 24.1 Å². The molecule has 0 aromatic carbocycles. The van der Waals surface area contributed by atoms with Gasteiger partial charge >= 0.3 is 12.1 Å². The minimum absolute atomic E-state index is 0.00983. The molecule has 0 heterocycles. The van der Waals surface area contributed by atoms with E-state index in [-0.39, 0.29) is 41.8 Å². The van der Waals surface area contributed by atoms with Gasteiger partial charge in [0.15, 0.2) is 0 Å². The first-order valence-corrected chi connectivity index (χ1v) is 15.4. The first-order chi connectivity index (χ1) is 19.4. The smallest absolute Gasteiger partial charge is 0.397 e. The average molecular weight is 594 g/mol. The highest BCUT2D eigenvalue weighted by Crippen LogP contribution is 2.57. The molecular formula is C35H54F3NO3. The van der Waals surface area contributed by atoms with Crippen LogP contribution >= 0.6 is 0 Å². The van der Waals surface area contributed by atoms with Gasteiger partial charge in [0.2, 0.25) is 0 Å². The summed E-state index contributed by atoms with van der Waals surface area (Å²) < 4.78 is 44.8. The summed E-state index contributed by atoms with van der Waals surface area (Å²) in [4.78, 5) is 24.3. The van der Waals surface area contributed by atoms with Crippen LogP contribution in [0.2, 0.25) is 0 Å². The number of ether oxygens (including phenoxy) is 1. The van der Waals surface area contributed by atoms with Gasteiger partial charge in [-0.3, -0.25) is 4.79 Å². The van der Waals surface area contributed by atoms with E-state index in [4.69, 9.17) is 4.74 Å². The molecule has 1 amide bonds. The molecule has 7 heteroatoms. The number of allylic oxidation sites excluding steroid dienone is 6. The topological polar surface area (TPSA) is 55.7 Å². The van der Waals surface area contributed by atoms with Gasteiger partial charge in [0.05, 0.1) is 0 Å². The monoisotopic (exact) mass is 593 g/mol. The number of alkyl halides is 3. The first kappa shape index (κ1) is 37.6. The van der Waals surface area contributed by atoms with Gasteiger partial charge in [-0.15, -0.1) is 4.91 Å². The molecule has 0 aromatic heterocycles. The van der Waals surface area contributed by atoms with Crippen LogP contribution in [0.3, 0.4) is 0 Å². The van der Waals surface area contributed by atoms with Crippen molar-refractivity contribution in [3.05, 3.63) is 64.8 Å². The molecule has 1 rings (SSSR count). The fourth-order valence-electron chi connectivity index (χ4n) is 5.71. The molecule has 42 heavy (non-hydrogen) atoms. The van der Waals surface area contributed by atoms with Gasteiger partial charge in [0, 0.05) is 10.7 Å². The molecule has 238 valence electrons. The SMILES string of the molecule is C=C(/C=C\C(C)C/C(=C/C=C(/C(=O)N=O)C(CC)C(C)C(C)(C)CC(CC)C(C)C)C(=C)C)OCC1(C(F)(F)F)CC1. The zero-order chi connectivity index (χ0) is 32.5. The number of hydrogen-bond acceptors (Lipinski definition) is 3. The van der Waals surface area contributed by atoms with Gasteiger partial charge in [-0.2, -0.15) is 13.2 Å². The molecule has 1 fully saturated rings. The van der Waals surface area contributed by atoms with Crippen molar-refractivity contribution in [3.8, 4) is 0 Å². The number of nitroso groups, excluding NO2 is 1. The highest BCUT2D eigenvalue weighted by Gasteiger charge is 2.63. The van der Waals surface area contributed by atoms with Gasteiger partial charge in [-0.05, 0) is 85.7 Å². The minimum Gasteiger partial charge on any atom is -0.493 e. The molecule has 4 atom stereocenters. The number of amides is 1. The Morgan fingerprint density at radius 1 is 1.05 bits per heavy atom. The second-order valence-corrected chi connectivity index (χ2v) is 13.5. The fourth-order valence-corrected chi connectivity index (χ4v) is 5.71. The van der Waals surface area contributed by atoms with Gasteiger partial charge < -0.3 is 4.74 Å². The summed E-state index contributed by atoms with van der Waals surface area (Å²) in [7, 11) is 0. The summed E-state index contributed by atoms with van der Waals surface area (Å²) in [6, 6.07) is 0. The maximum Gasteiger partial charge on any atom is 0.397 e. The predicted molar refractivity (Wildman–Crippen MR) is 167 cm³/mol. The van der Waals surface area contributed by atoms with E-state index in [1.807, 2.05) is 32.9 Å². The maximum absolute atomic E-state index is 13.2. The zero-order valence-electron chi connectivity index (χ0n) is 27.4. The second-order valence-electron chi connectivity index (χ2n) is 13.5. The molecule has 1 aliphatic rings. The van der Waals surface area contributed by atoms with Crippen LogP contribution < -0.4 is 0 Å². The van der Waals surface area contributed by atoms with Crippen LogP contribution in [0.15, 0.2) is 65.1 Å². The molecule has 4 nitrogen and oxygen atoms in total. The van der Waals surface area contributed by atoms with Gasteiger partial charge in [-0.1, -0.05) is 98.8 Å². The first-order valence-electron chi connectivity index (χ1n) is 15.4. The summed E-state index contributed by atoms with van der Waals surface area (Å²) in [5.74, 6) is 0.558. The number of nitrogens with zero attached hydrogens (tertiary/aromatic N) is 1. The molecular weight excluding hydrogens is 539 g/mol. The second kappa shape index (κ2) is 15.9. The molecule has 0 aliphatic heterocycles. The van der Waals surface area contributed by atoms with E-state index in [1.54, 1.807) is 12.2 Å². The number of halogens is 3. The Morgan fingerprint density at radius 3 is 2.07 bits per heavy atom. The lowest BCUT2D eigenvalue weighted by atomic mass is 9.64. The van der Waals surface area contributed by atoms with Crippen molar-refractivity contribution >= 4 is 5.91 Å². The van der Waals surface area contributed by atoms with Crippen LogP contribution in [0.25, 0.3) is 0 Å². The normalized spacial score (nSPS) is 18.9. The Bertz CT molecular complexity index is 1040. The van der Waals surface area contributed by atoms with Crippen molar-refractivity contribution in [3.63, 3.8) is 0 Å². The Kier molecular flexibility index (Phi) is 14.2. The molecule has 0 bridgehead atoms. The van der Waals surface area contributed by atoms with Crippen molar-refractivity contribution in [1.29, 1.82) is 0 Å². The molecule has 1 saturated carbocycles. The zero-order valence-corrected chi connectivity index (χ0v) is 27.4. The van der Waals surface area contributed by atoms with Crippen LogP contribution in [0.5, 0.6) is 0 Å². The van der Waals surface area contributed by atoms with Gasteiger partial charge in [-0.25, -0.2) is 0 Å². The van der Waals surface area contributed by atoms with Crippen molar-refractivity contribution in [2.75, 3.05) is 6.61 Å². The summed E-state index contributed by atoms with van der Waals surface area (Å²) in [5.41, 5.74) is 0.331. The van der Waals surface area contributed by atoms with Crippen LogP contribution in [-0.4, -0.2) is 18.7 Å². The van der Waals surface area contributed by atoms with Crippen molar-refractivity contribution in [2.24, 2.45) is 45.6 Å². The molecule has 0 saturated heterocycles. The summed E-state index contributed by atoms with van der Waals surface area (Å²) in [6.07, 6.45) is 6.31. The van der Waals surface area contributed by atoms with Crippen LogP contribution in [0.4, 0.5) is 13.2 Å². The Balaban J connectivity index is 3.12. The maximum atomic E-state index is 13.2. The number of hydrogen-bond donors (Lipinski definition) is 0. The summed E-state index contributed by atoms with van der Waals surface area (Å²) >= 11 is 0. The number of carbonyl (C=O) groups is 1. The quantitative estimate of drug-likeness (QED) is 0.0687. The molecule has 0 N–H and O–H groups in total. The third-order valence-corrected chi connectivity index (χ3v) is 9.41. The van der Waals surface area contributed by atoms with Gasteiger partial charge in [0.1, 0.15) is 17.8 Å². The van der Waals surface area contributed by atoms with E-state index in [0.717, 1.165) is 24.0 Å². The van der Waals surface area contributed by atoms with Crippen LogP contribution in [0, 0.1) is 45.3 Å². The lowest BCUT2D eigenvalue weighted by Gasteiger charge is -2.40. The minimum atomic E-state index is -4.27.